The maximum absolute atomic E-state index is 5.76. The smallest absolute Gasteiger partial charge is 0.146 e. The predicted molar refractivity (Wildman–Crippen MR) is 43.4 cm³/mol. The fourth-order valence-corrected chi connectivity index (χ4v) is 0.946. The van der Waals surface area contributed by atoms with Crippen LogP contribution in [0.3, 0.4) is 0 Å². The molecule has 1 unspecified atom stereocenters. The zero-order valence-electron chi connectivity index (χ0n) is 6.77. The van der Waals surface area contributed by atoms with E-state index in [1.54, 1.807) is 0 Å². The first-order valence-corrected chi connectivity index (χ1v) is 4.17. The summed E-state index contributed by atoms with van der Waals surface area (Å²) >= 11 is 0. The van der Waals surface area contributed by atoms with E-state index in [9.17, 15) is 0 Å². The third-order valence-electron chi connectivity index (χ3n) is 1.86. The Morgan fingerprint density at radius 3 is 2.22 bits per heavy atom. The third-order valence-corrected chi connectivity index (χ3v) is 2.91. The Morgan fingerprint density at radius 1 is 1.67 bits per heavy atom. The van der Waals surface area contributed by atoms with E-state index in [2.05, 4.69) is 6.92 Å². The molecule has 2 N–H and O–H groups in total. The summed E-state index contributed by atoms with van der Waals surface area (Å²) in [5.41, 5.74) is 5.65. The molecule has 1 atom stereocenters. The molecule has 56 valence electrons. The molecule has 0 heterocycles. The van der Waals surface area contributed by atoms with Gasteiger partial charge in [0.1, 0.15) is 10.5 Å². The fourth-order valence-electron chi connectivity index (χ4n) is 0.643. The molecular formula is C6H17NOSi. The molecule has 0 radical (unpaired) electrons. The molecule has 0 aliphatic rings. The summed E-state index contributed by atoms with van der Waals surface area (Å²) in [5.74, 6) is 0. The molecule has 2 nitrogen and oxygen atoms in total. The molecule has 0 aromatic rings. The summed E-state index contributed by atoms with van der Waals surface area (Å²) < 4.78 is 5.30. The van der Waals surface area contributed by atoms with Gasteiger partial charge < -0.3 is 10.2 Å². The van der Waals surface area contributed by atoms with Crippen molar-refractivity contribution in [2.75, 3.05) is 0 Å². The van der Waals surface area contributed by atoms with Gasteiger partial charge in [0, 0.05) is 6.04 Å². The minimum absolute atomic E-state index is 0.110. The van der Waals surface area contributed by atoms with Crippen LogP contribution in [0.5, 0.6) is 0 Å². The van der Waals surface area contributed by atoms with Crippen molar-refractivity contribution in [2.45, 2.75) is 38.8 Å². The molecule has 0 aliphatic heterocycles. The van der Waals surface area contributed by atoms with Gasteiger partial charge in [0.2, 0.25) is 0 Å². The lowest BCUT2D eigenvalue weighted by Gasteiger charge is -2.29. The van der Waals surface area contributed by atoms with Gasteiger partial charge >= 0.3 is 0 Å². The summed E-state index contributed by atoms with van der Waals surface area (Å²) in [6.07, 6.45) is 0.981. The van der Waals surface area contributed by atoms with Gasteiger partial charge in [-0.1, -0.05) is 6.92 Å². The average molecular weight is 147 g/mol. The first kappa shape index (κ1) is 9.14. The monoisotopic (exact) mass is 147 g/mol. The fraction of sp³-hybridized carbons (Fsp3) is 1.00. The first-order chi connectivity index (χ1) is 4.04. The highest BCUT2D eigenvalue weighted by molar-refractivity contribution is 5.98. The molecular weight excluding hydrogens is 130 g/mol. The third kappa shape index (κ3) is 2.47. The van der Waals surface area contributed by atoms with E-state index in [1.807, 2.05) is 13.8 Å². The maximum atomic E-state index is 5.76. The van der Waals surface area contributed by atoms with Crippen molar-refractivity contribution < 1.29 is 4.43 Å². The predicted octanol–water partition coefficient (Wildman–Crippen LogP) is -0.201. The molecule has 0 spiro atoms. The van der Waals surface area contributed by atoms with E-state index in [4.69, 9.17) is 10.2 Å². The summed E-state index contributed by atoms with van der Waals surface area (Å²) in [6.45, 7) is 6.15. The van der Waals surface area contributed by atoms with Crippen molar-refractivity contribution in [2.24, 2.45) is 5.73 Å². The largest absolute Gasteiger partial charge is 0.421 e. The minimum Gasteiger partial charge on any atom is -0.421 e. The zero-order chi connectivity index (χ0) is 7.49. The topological polar surface area (TPSA) is 35.2 Å². The van der Waals surface area contributed by atoms with Crippen LogP contribution in [0.2, 0.25) is 0 Å². The van der Waals surface area contributed by atoms with Gasteiger partial charge in [-0.05, 0) is 20.3 Å². The molecule has 9 heavy (non-hydrogen) atoms. The van der Waals surface area contributed by atoms with Crippen LogP contribution in [0.4, 0.5) is 0 Å². The molecule has 0 saturated heterocycles. The van der Waals surface area contributed by atoms with E-state index in [0.29, 0.717) is 0 Å². The Kier molecular flexibility index (Phi) is 3.39. The van der Waals surface area contributed by atoms with Gasteiger partial charge in [0.05, 0.1) is 5.60 Å². The second kappa shape index (κ2) is 3.34. The molecule has 0 rings (SSSR count). The Balaban J connectivity index is 3.80. The lowest BCUT2D eigenvalue weighted by atomic mass is 9.98. The lowest BCUT2D eigenvalue weighted by molar-refractivity contribution is 0.0898. The Labute approximate surface area is 60.3 Å². The van der Waals surface area contributed by atoms with Crippen LogP contribution >= 0.6 is 0 Å². The lowest BCUT2D eigenvalue weighted by Crippen LogP contribution is -2.44. The van der Waals surface area contributed by atoms with E-state index < -0.39 is 0 Å². The van der Waals surface area contributed by atoms with Gasteiger partial charge in [0.15, 0.2) is 0 Å². The van der Waals surface area contributed by atoms with Crippen molar-refractivity contribution in [3.8, 4) is 0 Å². The van der Waals surface area contributed by atoms with E-state index in [1.165, 1.54) is 0 Å². The van der Waals surface area contributed by atoms with Crippen molar-refractivity contribution in [1.29, 1.82) is 0 Å². The Bertz CT molecular complexity index is 85.1. The molecule has 0 aromatic heterocycles. The van der Waals surface area contributed by atoms with Crippen LogP contribution < -0.4 is 5.73 Å². The number of hydrogen-bond acceptors (Lipinski definition) is 2. The molecule has 0 saturated carbocycles. The van der Waals surface area contributed by atoms with Crippen molar-refractivity contribution in [3.05, 3.63) is 0 Å². The highest BCUT2D eigenvalue weighted by Crippen LogP contribution is 2.12. The maximum Gasteiger partial charge on any atom is 0.146 e. The van der Waals surface area contributed by atoms with Crippen molar-refractivity contribution in [3.63, 3.8) is 0 Å². The Hall–Kier alpha value is 0.137. The van der Waals surface area contributed by atoms with Gasteiger partial charge in [0.25, 0.3) is 0 Å². The van der Waals surface area contributed by atoms with Crippen LogP contribution in [-0.2, 0) is 4.43 Å². The quantitative estimate of drug-likeness (QED) is 0.561. The SMILES string of the molecule is CCC(N)C(C)(C)O[SiH3]. The molecule has 0 bridgehead atoms. The second-order valence-electron chi connectivity index (χ2n) is 2.82. The molecule has 0 aliphatic carbocycles. The van der Waals surface area contributed by atoms with Crippen molar-refractivity contribution in [1.82, 2.24) is 0 Å². The molecule has 0 amide bonds. The van der Waals surface area contributed by atoms with E-state index >= 15 is 0 Å². The highest BCUT2D eigenvalue weighted by Gasteiger charge is 2.22. The van der Waals surface area contributed by atoms with Crippen LogP contribution in [0.25, 0.3) is 0 Å². The van der Waals surface area contributed by atoms with Gasteiger partial charge in [-0.15, -0.1) is 0 Å². The van der Waals surface area contributed by atoms with Gasteiger partial charge in [-0.25, -0.2) is 0 Å². The van der Waals surface area contributed by atoms with Gasteiger partial charge in [-0.3, -0.25) is 0 Å². The molecule has 0 fully saturated rings. The number of hydrogen-bond donors (Lipinski definition) is 1. The van der Waals surface area contributed by atoms with Crippen LogP contribution in [-0.4, -0.2) is 22.1 Å². The van der Waals surface area contributed by atoms with E-state index in [0.717, 1.165) is 16.9 Å². The molecule has 0 aromatic carbocycles. The van der Waals surface area contributed by atoms with Gasteiger partial charge in [-0.2, -0.15) is 0 Å². The number of nitrogens with two attached hydrogens (primary N) is 1. The second-order valence-corrected chi connectivity index (χ2v) is 3.23. The Morgan fingerprint density at radius 2 is 2.11 bits per heavy atom. The van der Waals surface area contributed by atoms with Crippen LogP contribution in [0, 0.1) is 0 Å². The summed E-state index contributed by atoms with van der Waals surface area (Å²) in [5, 5.41) is 0. The highest BCUT2D eigenvalue weighted by atomic mass is 28.2. The van der Waals surface area contributed by atoms with Crippen LogP contribution in [0.1, 0.15) is 27.2 Å². The molecule has 3 heteroatoms. The summed E-state index contributed by atoms with van der Waals surface area (Å²) in [4.78, 5) is 0. The summed E-state index contributed by atoms with van der Waals surface area (Å²) in [7, 11) is 0.770. The number of rotatable bonds is 3. The first-order valence-electron chi connectivity index (χ1n) is 3.35. The van der Waals surface area contributed by atoms with Crippen LogP contribution in [0.15, 0.2) is 0 Å². The summed E-state index contributed by atoms with van der Waals surface area (Å²) in [6, 6.07) is 0.176. The standard InChI is InChI=1S/C6H17NOSi/c1-4-5(7)6(2,3)8-9/h5H,4,7H2,1-3,9H3. The van der Waals surface area contributed by atoms with E-state index in [-0.39, 0.29) is 11.6 Å². The minimum atomic E-state index is -0.110. The zero-order valence-corrected chi connectivity index (χ0v) is 8.77. The van der Waals surface area contributed by atoms with Crippen molar-refractivity contribution >= 4 is 10.5 Å². The average Bonchev–Trinajstić information content (AvgIpc) is 1.86. The normalized spacial score (nSPS) is 16.0.